The summed E-state index contributed by atoms with van der Waals surface area (Å²) >= 11 is 0. The highest BCUT2D eigenvalue weighted by Gasteiger charge is 2.76. The normalized spacial score (nSPS) is 30.7. The number of aliphatic hydroxyl groups excluding tert-OH is 2. The van der Waals surface area contributed by atoms with E-state index in [-0.39, 0.29) is 65.0 Å². The summed E-state index contributed by atoms with van der Waals surface area (Å²) in [6, 6.07) is 14.3. The average Bonchev–Trinajstić information content (AvgIpc) is 3.87. The first-order valence-electron chi connectivity index (χ1n) is 27.6. The van der Waals surface area contributed by atoms with Crippen LogP contribution >= 0.6 is 7.82 Å². The molecule has 1 unspecified atom stereocenters. The largest absolute Gasteiger partial charge is 0.524 e. The summed E-state index contributed by atoms with van der Waals surface area (Å²) in [5, 5.41) is 26.8. The van der Waals surface area contributed by atoms with Crippen molar-refractivity contribution in [3.8, 4) is 5.75 Å². The topological polar surface area (TPSA) is 207 Å². The molecule has 0 spiro atoms. The fourth-order valence-electron chi connectivity index (χ4n) is 14.0. The first-order valence-corrected chi connectivity index (χ1v) is 29.2. The molecular formula is C58H84N2O13P+. The number of aliphatic hydroxyl groups is 2. The number of hydrogen-bond donors (Lipinski definition) is 5. The number of fused-ring (bicyclic) bond motifs is 7. The molecule has 16 heteroatoms. The number of ether oxygens (including phenoxy) is 4. The van der Waals surface area contributed by atoms with Gasteiger partial charge in [-0.3, -0.25) is 19.4 Å². The summed E-state index contributed by atoms with van der Waals surface area (Å²) in [4.78, 5) is 61.5. The Morgan fingerprint density at radius 1 is 0.959 bits per heavy atom. The summed E-state index contributed by atoms with van der Waals surface area (Å²) in [6.45, 7) is 7.85. The van der Waals surface area contributed by atoms with E-state index in [1.54, 1.807) is 45.3 Å². The second-order valence-corrected chi connectivity index (χ2v) is 24.6. The predicted octanol–water partition coefficient (Wildman–Crippen LogP) is 8.41. The fourth-order valence-corrected chi connectivity index (χ4v) is 14.5. The maximum Gasteiger partial charge on any atom is 0.524 e. The number of nitrogens with zero attached hydrogens (tertiary/aromatic N) is 1. The van der Waals surface area contributed by atoms with Gasteiger partial charge in [-0.05, 0) is 131 Å². The van der Waals surface area contributed by atoms with Crippen LogP contribution in [0.15, 0.2) is 72.3 Å². The van der Waals surface area contributed by atoms with E-state index >= 15 is 4.79 Å². The lowest BCUT2D eigenvalue weighted by Crippen LogP contribution is -2.64. The third-order valence-electron chi connectivity index (χ3n) is 18.3. The van der Waals surface area contributed by atoms with Crippen LogP contribution in [0.1, 0.15) is 140 Å². The highest BCUT2D eigenvalue weighted by molar-refractivity contribution is 7.46. The van der Waals surface area contributed by atoms with E-state index in [2.05, 4.69) is 43.4 Å². The number of ketones is 2. The number of phosphoric ester groups is 1. The van der Waals surface area contributed by atoms with Crippen LogP contribution in [0.5, 0.6) is 5.75 Å². The predicted molar refractivity (Wildman–Crippen MR) is 279 cm³/mol. The lowest BCUT2D eigenvalue weighted by Gasteiger charge is -2.59. The van der Waals surface area contributed by atoms with Crippen molar-refractivity contribution >= 4 is 25.4 Å². The van der Waals surface area contributed by atoms with Crippen molar-refractivity contribution in [1.29, 1.82) is 0 Å². The van der Waals surface area contributed by atoms with Gasteiger partial charge in [-0.1, -0.05) is 94.0 Å². The molecule has 2 aromatic carbocycles. The number of quaternary nitrogens is 1. The van der Waals surface area contributed by atoms with E-state index in [9.17, 15) is 34.2 Å². The molecule has 408 valence electrons. The monoisotopic (exact) mass is 1050 g/mol. The number of phosphoric acid groups is 1. The molecule has 11 atom stereocenters. The smallest absolute Gasteiger partial charge is 0.453 e. The Labute approximate surface area is 438 Å². The van der Waals surface area contributed by atoms with Crippen molar-refractivity contribution in [2.75, 3.05) is 47.0 Å². The van der Waals surface area contributed by atoms with Gasteiger partial charge in [0.25, 0.3) is 0 Å². The minimum atomic E-state index is -4.99. The summed E-state index contributed by atoms with van der Waals surface area (Å²) in [7, 11) is -1.43. The van der Waals surface area contributed by atoms with E-state index in [1.807, 2.05) is 12.1 Å². The number of nitrogens with one attached hydrogen (secondary N) is 1. The lowest BCUT2D eigenvalue weighted by molar-refractivity contribution is -0.917. The quantitative estimate of drug-likeness (QED) is 0.0274. The molecular weight excluding hydrogens is 964 g/mol. The molecule has 5 N–H and O–H groups in total. The average molecular weight is 1050 g/mol. The molecule has 4 saturated carbocycles. The molecule has 0 amide bonds. The summed E-state index contributed by atoms with van der Waals surface area (Å²) in [6.07, 6.45) is 17.1. The Kier molecular flexibility index (Phi) is 18.3. The van der Waals surface area contributed by atoms with Gasteiger partial charge in [0, 0.05) is 48.0 Å². The Bertz CT molecular complexity index is 2380. The maximum absolute atomic E-state index is 15.2. The van der Waals surface area contributed by atoms with Gasteiger partial charge < -0.3 is 43.5 Å². The van der Waals surface area contributed by atoms with Crippen LogP contribution in [0.25, 0.3) is 0 Å². The van der Waals surface area contributed by atoms with Crippen molar-refractivity contribution in [2.24, 2.45) is 34.5 Å². The highest BCUT2D eigenvalue weighted by atomic mass is 31.2. The summed E-state index contributed by atoms with van der Waals surface area (Å²) in [5.74, 6) is -1.17. The number of unbranched alkanes of at least 4 members (excludes halogenated alkanes) is 4. The van der Waals surface area contributed by atoms with Gasteiger partial charge >= 0.3 is 13.8 Å². The van der Waals surface area contributed by atoms with E-state index in [0.717, 1.165) is 109 Å². The standard InChI is InChI=1S/C58H83N2O13P/c1-39(60(4,5)37-43-32-42(23-26-50(43)73-74(66,67)68)49(63)36-59-29-15-6-7-16-30-69-31-17-14-20-40-18-10-8-11-19-40)54(65)70-38-51(64)58-52(71-55(72-58)41-21-12-9-13-22-41)34-47-46-25-24-44-33-45(61)27-28-56(44,2)53(46)48(62)35-57(47,58)3/h8,10-11,18-19,23,26-28,32-33,39,41,46-49,52-53,55,59,62-63H,6-7,9,12-17,20-22,24-25,29-31,34-38H2,1-5H3,(H-,66,67,68)/p+1/t39-,46-,47-,48-,49?,52+,53+,55+,56-,57-,58+/m0/s1. The number of benzene rings is 2. The van der Waals surface area contributed by atoms with Crippen molar-refractivity contribution < 1.29 is 66.9 Å². The second-order valence-electron chi connectivity index (χ2n) is 23.5. The van der Waals surface area contributed by atoms with Crippen LogP contribution in [-0.2, 0) is 50.9 Å². The molecule has 5 fully saturated rings. The molecule has 1 aliphatic heterocycles. The molecule has 8 rings (SSSR count). The Hall–Kier alpha value is -3.60. The van der Waals surface area contributed by atoms with Gasteiger partial charge in [0.2, 0.25) is 5.78 Å². The zero-order chi connectivity index (χ0) is 52.9. The Morgan fingerprint density at radius 2 is 1.69 bits per heavy atom. The van der Waals surface area contributed by atoms with Gasteiger partial charge in [-0.2, -0.15) is 0 Å². The number of aryl methyl sites for hydroxylation is 1. The number of esters is 1. The Balaban J connectivity index is 0.868. The Morgan fingerprint density at radius 3 is 2.43 bits per heavy atom. The first-order chi connectivity index (χ1) is 35.3. The molecule has 0 bridgehead atoms. The van der Waals surface area contributed by atoms with Crippen LogP contribution in [-0.4, -0.2) is 119 Å². The van der Waals surface area contributed by atoms with Crippen molar-refractivity contribution in [1.82, 2.24) is 5.32 Å². The minimum absolute atomic E-state index is 0.0326. The molecule has 1 saturated heterocycles. The highest BCUT2D eigenvalue weighted by Crippen LogP contribution is 2.70. The van der Waals surface area contributed by atoms with Crippen molar-refractivity contribution in [3.63, 3.8) is 0 Å². The lowest BCUT2D eigenvalue weighted by atomic mass is 9.46. The number of likely N-dealkylation sites (N-methyl/N-ethyl adjacent to an activating group) is 1. The van der Waals surface area contributed by atoms with Crippen LogP contribution in [0.4, 0.5) is 0 Å². The molecule has 5 aliphatic carbocycles. The fraction of sp³-hybridized carbons (Fsp3) is 0.672. The first kappa shape index (κ1) is 56.6. The van der Waals surface area contributed by atoms with Crippen molar-refractivity contribution in [3.05, 3.63) is 89.0 Å². The zero-order valence-corrected chi connectivity index (χ0v) is 45.4. The molecule has 1 heterocycles. The van der Waals surface area contributed by atoms with Gasteiger partial charge in [-0.15, -0.1) is 0 Å². The number of allylic oxidation sites excluding steroid dienone is 4. The van der Waals surface area contributed by atoms with E-state index in [4.69, 9.17) is 23.5 Å². The summed E-state index contributed by atoms with van der Waals surface area (Å²) < 4.78 is 42.9. The third-order valence-corrected chi connectivity index (χ3v) is 18.7. The zero-order valence-electron chi connectivity index (χ0n) is 44.5. The molecule has 0 aromatic heterocycles. The van der Waals surface area contributed by atoms with E-state index in [1.165, 1.54) is 11.6 Å². The molecule has 15 nitrogen and oxygen atoms in total. The van der Waals surface area contributed by atoms with Gasteiger partial charge in [-0.25, -0.2) is 9.36 Å². The number of carbonyl (C=O) groups excluding carboxylic acids is 3. The van der Waals surface area contributed by atoms with E-state index in [0.29, 0.717) is 24.1 Å². The van der Waals surface area contributed by atoms with Crippen LogP contribution in [0.3, 0.4) is 0 Å². The third kappa shape index (κ3) is 12.4. The molecule has 2 aromatic rings. The molecule has 74 heavy (non-hydrogen) atoms. The molecule has 0 radical (unpaired) electrons. The van der Waals surface area contributed by atoms with Gasteiger partial charge in [0.1, 0.15) is 12.3 Å². The van der Waals surface area contributed by atoms with Crippen LogP contribution in [0, 0.1) is 34.5 Å². The number of hydrogen-bond acceptors (Lipinski definition) is 12. The van der Waals surface area contributed by atoms with Crippen LogP contribution in [0.2, 0.25) is 0 Å². The number of rotatable bonds is 25. The van der Waals surface area contributed by atoms with Gasteiger partial charge in [0.05, 0.1) is 32.4 Å². The minimum Gasteiger partial charge on any atom is -0.453 e. The SMILES string of the molecule is C[C@@H](C(=O)OCC(=O)[C@@]12O[C@H](C3CCCCC3)O[C@@H]1C[C@H]1[C@@H]3CCC4=CC(=O)C=C[C@]4(C)[C@H]3[C@@H](O)C[C@@]12C)[N+](C)(C)Cc1cc(C(O)CNCCCCCCOCCCCc2ccccc2)ccc1OP(=O)(O)O. The second kappa shape index (κ2) is 24.0. The van der Waals surface area contributed by atoms with Crippen molar-refractivity contribution in [2.45, 2.75) is 166 Å². The number of carbonyl (C=O) groups is 3. The maximum atomic E-state index is 15.2. The van der Waals surface area contributed by atoms with Crippen LogP contribution < -0.4 is 9.84 Å². The summed E-state index contributed by atoms with van der Waals surface area (Å²) in [5.41, 5.74) is 0.495. The van der Waals surface area contributed by atoms with Gasteiger partial charge in [0.15, 0.2) is 30.3 Å². The van der Waals surface area contributed by atoms with E-state index < -0.39 is 67.5 Å². The molecule has 6 aliphatic rings. The number of Topliss-reactive ketones (excluding diaryl/α,β-unsaturated/α-hetero) is 1.